The Morgan fingerprint density at radius 3 is 2.12 bits per heavy atom. The van der Waals surface area contributed by atoms with E-state index in [0.29, 0.717) is 5.75 Å². The van der Waals surface area contributed by atoms with Gasteiger partial charge < -0.3 is 19.6 Å². The molecule has 5 aromatic rings. The highest BCUT2D eigenvalue weighted by Gasteiger charge is 2.29. The van der Waals surface area contributed by atoms with Gasteiger partial charge >= 0.3 is 12.1 Å². The van der Waals surface area contributed by atoms with Crippen molar-refractivity contribution in [2.24, 2.45) is 0 Å². The molecule has 41 heavy (non-hydrogen) atoms. The molecule has 0 fully saturated rings. The molecular weight excluding hydrogens is 534 g/mol. The molecule has 0 aliphatic carbocycles. The number of carboxylic acids is 1. The van der Waals surface area contributed by atoms with E-state index in [4.69, 9.17) is 9.15 Å². The van der Waals surface area contributed by atoms with Gasteiger partial charge in [-0.25, -0.2) is 9.59 Å². The van der Waals surface area contributed by atoms with Crippen molar-refractivity contribution in [2.75, 3.05) is 0 Å². The van der Waals surface area contributed by atoms with Crippen molar-refractivity contribution < 1.29 is 23.8 Å². The summed E-state index contributed by atoms with van der Waals surface area (Å²) >= 11 is 1.47. The number of carboxylic acid groups (broad SMARTS) is 1. The minimum absolute atomic E-state index is 0.358. The molecule has 0 saturated heterocycles. The Labute approximate surface area is 243 Å². The number of ether oxygens (including phenoxy) is 1. The Kier molecular flexibility index (Phi) is 8.08. The summed E-state index contributed by atoms with van der Waals surface area (Å²) in [5.74, 6) is -0.479. The number of furan rings is 1. The largest absolute Gasteiger partial charge is 0.480 e. The Bertz CT molecular complexity index is 1680. The number of rotatable bonds is 8. The molecule has 6 nitrogen and oxygen atoms in total. The van der Waals surface area contributed by atoms with Gasteiger partial charge in [-0.3, -0.25) is 0 Å². The average molecular weight is 568 g/mol. The molecule has 1 aromatic heterocycles. The van der Waals surface area contributed by atoms with Crippen LogP contribution in [0.5, 0.6) is 0 Å². The zero-order valence-corrected chi connectivity index (χ0v) is 24.3. The van der Waals surface area contributed by atoms with E-state index in [-0.39, 0.29) is 5.25 Å². The quantitative estimate of drug-likeness (QED) is 0.195. The van der Waals surface area contributed by atoms with Gasteiger partial charge in [0.05, 0.1) is 0 Å². The van der Waals surface area contributed by atoms with E-state index in [0.717, 1.165) is 49.8 Å². The number of benzene rings is 4. The molecule has 0 aliphatic rings. The molecule has 7 heteroatoms. The van der Waals surface area contributed by atoms with Gasteiger partial charge in [-0.15, -0.1) is 0 Å². The second-order valence-corrected chi connectivity index (χ2v) is 12.4. The maximum Gasteiger partial charge on any atom is 0.408 e. The Balaban J connectivity index is 1.24. The number of fused-ring (bicyclic) bond motifs is 3. The fraction of sp³-hybridized carbons (Fsp3) is 0.235. The van der Waals surface area contributed by atoms with Crippen LogP contribution in [0.4, 0.5) is 4.79 Å². The van der Waals surface area contributed by atoms with Crippen LogP contribution in [-0.2, 0) is 15.3 Å². The maximum atomic E-state index is 12.1. The van der Waals surface area contributed by atoms with Crippen molar-refractivity contribution in [3.8, 4) is 22.3 Å². The van der Waals surface area contributed by atoms with Crippen LogP contribution in [0.2, 0.25) is 0 Å². The summed E-state index contributed by atoms with van der Waals surface area (Å²) in [6.07, 6.45) is -0.734. The lowest BCUT2D eigenvalue weighted by Crippen LogP contribution is -2.48. The van der Waals surface area contributed by atoms with Crippen LogP contribution in [-0.4, -0.2) is 34.1 Å². The third-order valence-corrected chi connectivity index (χ3v) is 8.11. The Morgan fingerprint density at radius 2 is 1.46 bits per heavy atom. The number of alkyl carbamates (subject to hydrolysis) is 1. The molecule has 1 heterocycles. The van der Waals surface area contributed by atoms with Gasteiger partial charge in [0.25, 0.3) is 0 Å². The first-order valence-corrected chi connectivity index (χ1v) is 14.6. The molecular formula is C34H33NO5S. The normalized spacial score (nSPS) is 13.2. The number of hydrogen-bond donors (Lipinski definition) is 2. The second kappa shape index (κ2) is 11.7. The first kappa shape index (κ1) is 28.3. The summed E-state index contributed by atoms with van der Waals surface area (Å²) in [4.78, 5) is 23.9. The molecule has 2 N–H and O–H groups in total. The monoisotopic (exact) mass is 567 g/mol. The number of carbonyl (C=O) groups excluding carboxylic acids is 1. The van der Waals surface area contributed by atoms with Crippen molar-refractivity contribution in [3.63, 3.8) is 0 Å². The number of aliphatic carboxylic acids is 1. The van der Waals surface area contributed by atoms with Gasteiger partial charge in [-0.05, 0) is 49.1 Å². The number of para-hydroxylation sites is 2. The van der Waals surface area contributed by atoms with Crippen molar-refractivity contribution in [1.82, 2.24) is 5.32 Å². The molecule has 2 unspecified atom stereocenters. The summed E-state index contributed by atoms with van der Waals surface area (Å²) in [5, 5.41) is 14.0. The molecule has 2 atom stereocenters. The molecule has 4 aromatic carbocycles. The number of carbonyl (C=O) groups is 2. The van der Waals surface area contributed by atoms with Gasteiger partial charge in [0, 0.05) is 27.3 Å². The fourth-order valence-corrected chi connectivity index (χ4v) is 5.77. The minimum Gasteiger partial charge on any atom is -0.480 e. The standard InChI is InChI=1S/C34H33NO5S/c1-21(30(32(36)37)35-33(38)40-34(2,3)4)41-20-22-12-14-23(15-13-22)24-16-18-25(19-17-24)26-9-7-10-28-27-8-5-6-11-29(27)39-31(26)28/h5-19,21,30H,20H2,1-4H3,(H,35,38)(H,36,37). The topological polar surface area (TPSA) is 88.8 Å². The van der Waals surface area contributed by atoms with Gasteiger partial charge in [0.2, 0.25) is 0 Å². The Hall–Kier alpha value is -4.23. The lowest BCUT2D eigenvalue weighted by Gasteiger charge is -2.24. The van der Waals surface area contributed by atoms with E-state index < -0.39 is 23.7 Å². The number of nitrogens with one attached hydrogen (secondary N) is 1. The summed E-state index contributed by atoms with van der Waals surface area (Å²) in [6, 6.07) is 30.0. The third-order valence-electron chi connectivity index (χ3n) is 6.81. The summed E-state index contributed by atoms with van der Waals surface area (Å²) in [6.45, 7) is 7.01. The van der Waals surface area contributed by atoms with E-state index in [2.05, 4.69) is 78.1 Å². The maximum absolute atomic E-state index is 12.1. The first-order valence-electron chi connectivity index (χ1n) is 13.5. The van der Waals surface area contributed by atoms with Crippen LogP contribution < -0.4 is 5.32 Å². The molecule has 0 spiro atoms. The molecule has 5 rings (SSSR count). The highest BCUT2D eigenvalue weighted by molar-refractivity contribution is 7.99. The Morgan fingerprint density at radius 1 is 0.854 bits per heavy atom. The smallest absolute Gasteiger partial charge is 0.408 e. The van der Waals surface area contributed by atoms with E-state index in [1.165, 1.54) is 11.8 Å². The average Bonchev–Trinajstić information content (AvgIpc) is 3.33. The van der Waals surface area contributed by atoms with E-state index in [9.17, 15) is 14.7 Å². The van der Waals surface area contributed by atoms with Gasteiger partial charge in [0.1, 0.15) is 22.8 Å². The summed E-state index contributed by atoms with van der Waals surface area (Å²) in [7, 11) is 0. The zero-order chi connectivity index (χ0) is 29.1. The summed E-state index contributed by atoms with van der Waals surface area (Å²) < 4.78 is 11.4. The molecule has 0 saturated carbocycles. The number of thioether (sulfide) groups is 1. The first-order chi connectivity index (χ1) is 19.6. The predicted molar refractivity (Wildman–Crippen MR) is 166 cm³/mol. The van der Waals surface area contributed by atoms with Gasteiger partial charge in [-0.2, -0.15) is 11.8 Å². The van der Waals surface area contributed by atoms with Crippen LogP contribution in [0.25, 0.3) is 44.2 Å². The van der Waals surface area contributed by atoms with Gasteiger partial charge in [0.15, 0.2) is 0 Å². The van der Waals surface area contributed by atoms with Crippen LogP contribution in [0.15, 0.2) is 95.4 Å². The SMILES string of the molecule is CC(SCc1ccc(-c2ccc(-c3cccc4c3oc3ccccc34)cc2)cc1)C(NC(=O)OC(C)(C)C)C(=O)O. The van der Waals surface area contributed by atoms with Crippen molar-refractivity contribution in [3.05, 3.63) is 96.6 Å². The lowest BCUT2D eigenvalue weighted by molar-refractivity contribution is -0.139. The second-order valence-electron chi connectivity index (χ2n) is 11.0. The van der Waals surface area contributed by atoms with Crippen molar-refractivity contribution in [2.45, 2.75) is 50.3 Å². The molecule has 1 amide bonds. The highest BCUT2D eigenvalue weighted by atomic mass is 32.2. The third kappa shape index (κ3) is 6.57. The van der Waals surface area contributed by atoms with Crippen LogP contribution in [0.1, 0.15) is 33.3 Å². The zero-order valence-electron chi connectivity index (χ0n) is 23.5. The van der Waals surface area contributed by atoms with Crippen molar-refractivity contribution >= 4 is 45.8 Å². The minimum atomic E-state index is -1.09. The highest BCUT2D eigenvalue weighted by Crippen LogP contribution is 2.36. The van der Waals surface area contributed by atoms with E-state index >= 15 is 0 Å². The molecule has 0 bridgehead atoms. The van der Waals surface area contributed by atoms with Crippen LogP contribution in [0, 0.1) is 0 Å². The molecule has 0 aliphatic heterocycles. The predicted octanol–water partition coefficient (Wildman–Crippen LogP) is 8.52. The van der Waals surface area contributed by atoms with Crippen LogP contribution >= 0.6 is 11.8 Å². The number of amides is 1. The van der Waals surface area contributed by atoms with Gasteiger partial charge in [-0.1, -0.05) is 91.9 Å². The van der Waals surface area contributed by atoms with E-state index in [1.807, 2.05) is 18.2 Å². The fourth-order valence-electron chi connectivity index (χ4n) is 4.75. The molecule has 210 valence electrons. The number of hydrogen-bond acceptors (Lipinski definition) is 5. The molecule has 0 radical (unpaired) electrons. The summed E-state index contributed by atoms with van der Waals surface area (Å²) in [5.41, 5.74) is 6.50. The van der Waals surface area contributed by atoms with E-state index in [1.54, 1.807) is 27.7 Å². The van der Waals surface area contributed by atoms with Crippen LogP contribution in [0.3, 0.4) is 0 Å². The lowest BCUT2D eigenvalue weighted by atomic mass is 9.98. The van der Waals surface area contributed by atoms with Crippen molar-refractivity contribution in [1.29, 1.82) is 0 Å².